The van der Waals surface area contributed by atoms with E-state index in [-0.39, 0.29) is 11.9 Å². The van der Waals surface area contributed by atoms with Crippen molar-refractivity contribution >= 4 is 16.8 Å². The van der Waals surface area contributed by atoms with Gasteiger partial charge in [0.2, 0.25) is 5.91 Å². The zero-order valence-corrected chi connectivity index (χ0v) is 16.3. The number of carbonyl (C=O) groups excluding carboxylic acids is 1. The molecule has 0 radical (unpaired) electrons. The van der Waals surface area contributed by atoms with Crippen LogP contribution in [0.25, 0.3) is 10.9 Å². The first-order valence-corrected chi connectivity index (χ1v) is 9.59. The molecule has 1 amide bonds. The number of benzene rings is 2. The lowest BCUT2D eigenvalue weighted by molar-refractivity contribution is -0.127. The molecule has 2 aromatic carbocycles. The first-order valence-electron chi connectivity index (χ1n) is 9.59. The fraction of sp³-hybridized carbons (Fsp3) is 0.348. The summed E-state index contributed by atoms with van der Waals surface area (Å²) in [5.41, 5.74) is 8.99. The third kappa shape index (κ3) is 4.40. The summed E-state index contributed by atoms with van der Waals surface area (Å²) in [7, 11) is 0. The van der Waals surface area contributed by atoms with E-state index in [2.05, 4.69) is 30.2 Å². The van der Waals surface area contributed by atoms with Crippen molar-refractivity contribution in [3.63, 3.8) is 0 Å². The van der Waals surface area contributed by atoms with Gasteiger partial charge in [0.15, 0.2) is 0 Å². The third-order valence-corrected chi connectivity index (χ3v) is 5.05. The highest BCUT2D eigenvalue weighted by Crippen LogP contribution is 2.26. The number of H-pyrrole nitrogens is 1. The molecule has 1 heterocycles. The predicted molar refractivity (Wildman–Crippen MR) is 111 cm³/mol. The van der Waals surface area contributed by atoms with Crippen LogP contribution in [0.3, 0.4) is 0 Å². The summed E-state index contributed by atoms with van der Waals surface area (Å²) < 4.78 is 0. The van der Waals surface area contributed by atoms with Crippen molar-refractivity contribution in [1.82, 2.24) is 10.3 Å². The van der Waals surface area contributed by atoms with Crippen LogP contribution in [0.2, 0.25) is 0 Å². The van der Waals surface area contributed by atoms with E-state index in [1.807, 2.05) is 61.7 Å². The maximum Gasteiger partial charge on any atom is 0.240 e. The zero-order chi connectivity index (χ0) is 19.4. The predicted octanol–water partition coefficient (Wildman–Crippen LogP) is 4.33. The molecule has 0 spiro atoms. The minimum absolute atomic E-state index is 0.0863. The van der Waals surface area contributed by atoms with Gasteiger partial charge in [0.25, 0.3) is 0 Å². The van der Waals surface area contributed by atoms with Gasteiger partial charge >= 0.3 is 0 Å². The number of amides is 1. The Morgan fingerprint density at radius 2 is 1.74 bits per heavy atom. The van der Waals surface area contributed by atoms with Crippen molar-refractivity contribution in [1.29, 1.82) is 0 Å². The van der Waals surface area contributed by atoms with Gasteiger partial charge in [-0.15, -0.1) is 0 Å². The molecule has 0 saturated carbocycles. The summed E-state index contributed by atoms with van der Waals surface area (Å²) in [4.78, 5) is 16.5. The van der Waals surface area contributed by atoms with Gasteiger partial charge in [-0.1, -0.05) is 62.4 Å². The highest BCUT2D eigenvalue weighted by atomic mass is 16.2. The van der Waals surface area contributed by atoms with Gasteiger partial charge in [-0.25, -0.2) is 0 Å². The maximum atomic E-state index is 13.2. The molecular weight excluding hydrogens is 334 g/mol. The normalized spacial score (nSPS) is 14.9. The largest absolute Gasteiger partial charge is 0.361 e. The summed E-state index contributed by atoms with van der Waals surface area (Å²) in [5.74, 6) is 0.218. The number of nitrogens with one attached hydrogen (secondary N) is 2. The topological polar surface area (TPSA) is 70.9 Å². The van der Waals surface area contributed by atoms with Crippen LogP contribution < -0.4 is 11.1 Å². The molecule has 3 rings (SSSR count). The van der Waals surface area contributed by atoms with Gasteiger partial charge in [0.05, 0.1) is 11.6 Å². The lowest BCUT2D eigenvalue weighted by atomic mass is 9.83. The van der Waals surface area contributed by atoms with Crippen molar-refractivity contribution in [2.75, 3.05) is 0 Å². The van der Waals surface area contributed by atoms with Gasteiger partial charge in [-0.2, -0.15) is 0 Å². The summed E-state index contributed by atoms with van der Waals surface area (Å²) in [6.45, 7) is 6.20. The quantitative estimate of drug-likeness (QED) is 0.585. The standard InChI is InChI=1S/C23H29N3O/c1-16(2)13-23(24,14-19-15-25-21-12-8-7-11-20(19)21)22(27)26-17(3)18-9-5-4-6-10-18/h4-12,15-17,25H,13-14,24H2,1-3H3,(H,26,27)/t17-,23+/m0/s1. The number of hydrogen-bond donors (Lipinski definition) is 3. The van der Waals surface area contributed by atoms with E-state index < -0.39 is 5.54 Å². The van der Waals surface area contributed by atoms with E-state index in [1.165, 1.54) is 0 Å². The zero-order valence-electron chi connectivity index (χ0n) is 16.3. The van der Waals surface area contributed by atoms with E-state index in [1.54, 1.807) is 0 Å². The van der Waals surface area contributed by atoms with Crippen molar-refractivity contribution in [2.45, 2.75) is 45.2 Å². The molecule has 2 atom stereocenters. The number of fused-ring (bicyclic) bond motifs is 1. The van der Waals surface area contributed by atoms with Gasteiger partial charge < -0.3 is 16.0 Å². The summed E-state index contributed by atoms with van der Waals surface area (Å²) >= 11 is 0. The molecule has 0 fully saturated rings. The van der Waals surface area contributed by atoms with Crippen LogP contribution in [-0.2, 0) is 11.2 Å². The molecule has 0 aliphatic rings. The van der Waals surface area contributed by atoms with Crippen LogP contribution in [0.1, 0.15) is 44.4 Å². The lowest BCUT2D eigenvalue weighted by Crippen LogP contribution is -2.56. The molecule has 4 N–H and O–H groups in total. The van der Waals surface area contributed by atoms with E-state index in [4.69, 9.17) is 5.73 Å². The van der Waals surface area contributed by atoms with Gasteiger partial charge in [0, 0.05) is 23.5 Å². The Kier molecular flexibility index (Phi) is 5.66. The van der Waals surface area contributed by atoms with Crippen molar-refractivity contribution in [2.24, 2.45) is 11.7 Å². The van der Waals surface area contributed by atoms with Crippen LogP contribution in [0.15, 0.2) is 60.8 Å². The molecule has 0 bridgehead atoms. The Labute approximate surface area is 161 Å². The first kappa shape index (κ1) is 19.2. The van der Waals surface area contributed by atoms with Crippen LogP contribution in [0.5, 0.6) is 0 Å². The molecule has 0 unspecified atom stereocenters. The highest BCUT2D eigenvalue weighted by molar-refractivity contribution is 5.89. The Balaban J connectivity index is 1.84. The van der Waals surface area contributed by atoms with Crippen molar-refractivity contribution in [3.8, 4) is 0 Å². The van der Waals surface area contributed by atoms with E-state index >= 15 is 0 Å². The molecule has 4 nitrogen and oxygen atoms in total. The number of rotatable bonds is 7. The number of nitrogens with two attached hydrogens (primary N) is 1. The van der Waals surface area contributed by atoms with E-state index in [0.29, 0.717) is 18.8 Å². The van der Waals surface area contributed by atoms with Gasteiger partial charge in [-0.3, -0.25) is 4.79 Å². The Hall–Kier alpha value is -2.59. The van der Waals surface area contributed by atoms with E-state index in [0.717, 1.165) is 22.0 Å². The summed E-state index contributed by atoms with van der Waals surface area (Å²) in [6, 6.07) is 18.0. The molecule has 4 heteroatoms. The summed E-state index contributed by atoms with van der Waals surface area (Å²) in [5, 5.41) is 4.25. The number of aromatic amines is 1. The monoisotopic (exact) mass is 363 g/mol. The second-order valence-corrected chi connectivity index (χ2v) is 7.90. The third-order valence-electron chi connectivity index (χ3n) is 5.05. The van der Waals surface area contributed by atoms with Crippen LogP contribution in [0.4, 0.5) is 0 Å². The minimum atomic E-state index is -0.956. The molecule has 0 saturated heterocycles. The molecule has 0 aliphatic heterocycles. The second-order valence-electron chi connectivity index (χ2n) is 7.90. The van der Waals surface area contributed by atoms with E-state index in [9.17, 15) is 4.79 Å². The number of aromatic nitrogens is 1. The SMILES string of the molecule is CC(C)C[C@@](N)(Cc1c[nH]c2ccccc12)C(=O)N[C@@H](C)c1ccccc1. The van der Waals surface area contributed by atoms with Crippen LogP contribution >= 0.6 is 0 Å². The molecule has 142 valence electrons. The lowest BCUT2D eigenvalue weighted by Gasteiger charge is -2.31. The molecule has 0 aliphatic carbocycles. The summed E-state index contributed by atoms with van der Waals surface area (Å²) in [6.07, 6.45) is 3.10. The van der Waals surface area contributed by atoms with Crippen LogP contribution in [0, 0.1) is 5.92 Å². The van der Waals surface area contributed by atoms with Crippen LogP contribution in [-0.4, -0.2) is 16.4 Å². The fourth-order valence-corrected chi connectivity index (χ4v) is 3.76. The smallest absolute Gasteiger partial charge is 0.240 e. The van der Waals surface area contributed by atoms with Crippen molar-refractivity contribution in [3.05, 3.63) is 71.9 Å². The average molecular weight is 364 g/mol. The van der Waals surface area contributed by atoms with Gasteiger partial charge in [0.1, 0.15) is 0 Å². The Bertz CT molecular complexity index is 900. The van der Waals surface area contributed by atoms with Gasteiger partial charge in [-0.05, 0) is 36.5 Å². The number of carbonyl (C=O) groups is 1. The average Bonchev–Trinajstić information content (AvgIpc) is 3.04. The molecular formula is C23H29N3O. The molecule has 27 heavy (non-hydrogen) atoms. The number of hydrogen-bond acceptors (Lipinski definition) is 2. The molecule has 1 aromatic heterocycles. The van der Waals surface area contributed by atoms with Crippen molar-refractivity contribution < 1.29 is 4.79 Å². The maximum absolute atomic E-state index is 13.2. The Morgan fingerprint density at radius 1 is 1.07 bits per heavy atom. The second kappa shape index (κ2) is 7.97. The Morgan fingerprint density at radius 3 is 2.44 bits per heavy atom. The number of para-hydroxylation sites is 1. The fourth-order valence-electron chi connectivity index (χ4n) is 3.76. The molecule has 3 aromatic rings. The minimum Gasteiger partial charge on any atom is -0.361 e. The first-order chi connectivity index (χ1) is 12.9. The highest BCUT2D eigenvalue weighted by Gasteiger charge is 2.36.